The van der Waals surface area contributed by atoms with Gasteiger partial charge in [0.25, 0.3) is 0 Å². The summed E-state index contributed by atoms with van der Waals surface area (Å²) in [5.41, 5.74) is 1.48. The second-order valence-corrected chi connectivity index (χ2v) is 6.64. The quantitative estimate of drug-likeness (QED) is 0.751. The molecule has 0 atom stereocenters. The van der Waals surface area contributed by atoms with E-state index in [2.05, 4.69) is 5.32 Å². The van der Waals surface area contributed by atoms with Crippen LogP contribution < -0.4 is 5.32 Å². The molecule has 2 aromatic rings. The molecule has 0 fully saturated rings. The van der Waals surface area contributed by atoms with Gasteiger partial charge < -0.3 is 15.5 Å². The average Bonchev–Trinajstić information content (AvgIpc) is 2.56. The molecule has 0 radical (unpaired) electrons. The van der Waals surface area contributed by atoms with Crippen molar-refractivity contribution in [3.05, 3.63) is 64.2 Å². The van der Waals surface area contributed by atoms with E-state index in [0.717, 1.165) is 11.1 Å². The Morgan fingerprint density at radius 3 is 2.58 bits per heavy atom. The Bertz CT molecular complexity index is 728. The third-order valence-electron chi connectivity index (χ3n) is 4.13. The monoisotopic (exact) mass is 347 g/mol. The summed E-state index contributed by atoms with van der Waals surface area (Å²) in [7, 11) is 0. The number of benzene rings is 2. The molecule has 24 heavy (non-hydrogen) atoms. The molecule has 0 heterocycles. The lowest BCUT2D eigenvalue weighted by Crippen LogP contribution is -2.41. The summed E-state index contributed by atoms with van der Waals surface area (Å²) in [6, 6.07) is 12.4. The van der Waals surface area contributed by atoms with Gasteiger partial charge in [0.15, 0.2) is 0 Å². The minimum atomic E-state index is -0.733. The number of aliphatic hydroxyl groups excluding tert-OH is 1. The van der Waals surface area contributed by atoms with E-state index >= 15 is 0 Å². The van der Waals surface area contributed by atoms with Crippen molar-refractivity contribution in [2.75, 3.05) is 6.54 Å². The Labute approximate surface area is 147 Å². The van der Waals surface area contributed by atoms with E-state index in [1.165, 1.54) is 0 Å². The highest BCUT2D eigenvalue weighted by atomic mass is 35.5. The molecule has 0 saturated carbocycles. The number of hydrogen-bond acceptors (Lipinski definition) is 3. The standard InChI is InChI=1S/C19H22ClNO3/c1-19(2,15-5-3-4-6-16(15)20)18(24)21-10-9-13-7-8-17(23)14(11-13)12-22/h3-8,11,22-23H,9-10,12H2,1-2H3,(H,21,24). The van der Waals surface area contributed by atoms with E-state index in [0.29, 0.717) is 23.6 Å². The third-order valence-corrected chi connectivity index (χ3v) is 4.46. The van der Waals surface area contributed by atoms with Gasteiger partial charge in [0, 0.05) is 17.1 Å². The topological polar surface area (TPSA) is 69.6 Å². The van der Waals surface area contributed by atoms with Gasteiger partial charge in [-0.3, -0.25) is 4.79 Å². The fourth-order valence-electron chi connectivity index (χ4n) is 2.55. The number of rotatable bonds is 6. The first-order chi connectivity index (χ1) is 11.4. The van der Waals surface area contributed by atoms with E-state index < -0.39 is 5.41 Å². The number of phenols is 1. The second kappa shape index (κ2) is 7.69. The number of amides is 1. The number of carbonyl (C=O) groups excluding carboxylic acids is 1. The molecule has 4 nitrogen and oxygen atoms in total. The third kappa shape index (κ3) is 4.08. The highest BCUT2D eigenvalue weighted by molar-refractivity contribution is 6.31. The van der Waals surface area contributed by atoms with Gasteiger partial charge in [-0.1, -0.05) is 35.9 Å². The predicted octanol–water partition coefficient (Wildman–Crippen LogP) is 3.17. The maximum atomic E-state index is 12.5. The maximum absolute atomic E-state index is 12.5. The zero-order valence-electron chi connectivity index (χ0n) is 13.8. The number of halogens is 1. The minimum absolute atomic E-state index is 0.0742. The molecular formula is C19H22ClNO3. The van der Waals surface area contributed by atoms with Gasteiger partial charge in [0.2, 0.25) is 5.91 Å². The number of carbonyl (C=O) groups is 1. The maximum Gasteiger partial charge on any atom is 0.230 e. The highest BCUT2D eigenvalue weighted by Gasteiger charge is 2.31. The number of nitrogens with one attached hydrogen (secondary N) is 1. The Kier molecular flexibility index (Phi) is 5.86. The van der Waals surface area contributed by atoms with Crippen molar-refractivity contribution in [3.8, 4) is 5.75 Å². The molecule has 0 aromatic heterocycles. The van der Waals surface area contributed by atoms with Gasteiger partial charge in [0.05, 0.1) is 12.0 Å². The first kappa shape index (κ1) is 18.3. The van der Waals surface area contributed by atoms with Gasteiger partial charge in [-0.2, -0.15) is 0 Å². The molecule has 0 saturated heterocycles. The van der Waals surface area contributed by atoms with Crippen LogP contribution in [0.2, 0.25) is 5.02 Å². The largest absolute Gasteiger partial charge is 0.508 e. The van der Waals surface area contributed by atoms with Crippen LogP contribution in [0, 0.1) is 0 Å². The lowest BCUT2D eigenvalue weighted by Gasteiger charge is -2.25. The van der Waals surface area contributed by atoms with Crippen LogP contribution in [0.15, 0.2) is 42.5 Å². The molecular weight excluding hydrogens is 326 g/mol. The number of aliphatic hydroxyl groups is 1. The summed E-state index contributed by atoms with van der Waals surface area (Å²) < 4.78 is 0. The van der Waals surface area contributed by atoms with Crippen LogP contribution in [0.4, 0.5) is 0 Å². The Morgan fingerprint density at radius 1 is 1.21 bits per heavy atom. The summed E-state index contributed by atoms with van der Waals surface area (Å²) in [4.78, 5) is 12.5. The van der Waals surface area contributed by atoms with E-state index in [1.807, 2.05) is 32.0 Å². The zero-order chi connectivity index (χ0) is 17.7. The van der Waals surface area contributed by atoms with E-state index in [1.54, 1.807) is 24.3 Å². The molecule has 5 heteroatoms. The van der Waals surface area contributed by atoms with Crippen LogP contribution in [0.25, 0.3) is 0 Å². The van der Waals surface area contributed by atoms with Crippen molar-refractivity contribution < 1.29 is 15.0 Å². The summed E-state index contributed by atoms with van der Waals surface area (Å²) in [5.74, 6) is -0.0260. The molecule has 0 unspecified atom stereocenters. The summed E-state index contributed by atoms with van der Waals surface area (Å²) in [6.07, 6.45) is 0.609. The first-order valence-corrected chi connectivity index (χ1v) is 8.19. The van der Waals surface area contributed by atoms with Gasteiger partial charge in [0.1, 0.15) is 5.75 Å². The van der Waals surface area contributed by atoms with Gasteiger partial charge in [-0.15, -0.1) is 0 Å². The molecule has 2 rings (SSSR count). The smallest absolute Gasteiger partial charge is 0.230 e. The van der Waals surface area contributed by atoms with E-state index in [9.17, 15) is 15.0 Å². The lowest BCUT2D eigenvalue weighted by molar-refractivity contribution is -0.125. The van der Waals surface area contributed by atoms with Crippen molar-refractivity contribution in [2.24, 2.45) is 0 Å². The fourth-order valence-corrected chi connectivity index (χ4v) is 2.92. The molecule has 0 aliphatic heterocycles. The van der Waals surface area contributed by atoms with E-state index in [-0.39, 0.29) is 18.3 Å². The van der Waals surface area contributed by atoms with Crippen LogP contribution >= 0.6 is 11.6 Å². The van der Waals surface area contributed by atoms with E-state index in [4.69, 9.17) is 11.6 Å². The first-order valence-electron chi connectivity index (χ1n) is 7.81. The Hall–Kier alpha value is -2.04. The molecule has 0 bridgehead atoms. The average molecular weight is 348 g/mol. The fraction of sp³-hybridized carbons (Fsp3) is 0.316. The Balaban J connectivity index is 1.99. The van der Waals surface area contributed by atoms with Gasteiger partial charge in [-0.05, 0) is 49.6 Å². The van der Waals surface area contributed by atoms with Crippen LogP contribution in [-0.2, 0) is 23.2 Å². The Morgan fingerprint density at radius 2 is 1.92 bits per heavy atom. The van der Waals surface area contributed by atoms with Crippen molar-refractivity contribution in [3.63, 3.8) is 0 Å². The van der Waals surface area contributed by atoms with Gasteiger partial charge >= 0.3 is 0 Å². The van der Waals surface area contributed by atoms with Crippen molar-refractivity contribution in [2.45, 2.75) is 32.3 Å². The zero-order valence-corrected chi connectivity index (χ0v) is 14.6. The predicted molar refractivity (Wildman–Crippen MR) is 95.2 cm³/mol. The van der Waals surface area contributed by atoms with Crippen LogP contribution in [0.3, 0.4) is 0 Å². The molecule has 1 amide bonds. The SMILES string of the molecule is CC(C)(C(=O)NCCc1ccc(O)c(CO)c1)c1ccccc1Cl. The van der Waals surface area contributed by atoms with Crippen LogP contribution in [0.1, 0.15) is 30.5 Å². The molecule has 2 aromatic carbocycles. The van der Waals surface area contributed by atoms with Crippen molar-refractivity contribution in [1.29, 1.82) is 0 Å². The summed E-state index contributed by atoms with van der Waals surface area (Å²) >= 11 is 6.20. The van der Waals surface area contributed by atoms with Crippen molar-refractivity contribution >= 4 is 17.5 Å². The lowest BCUT2D eigenvalue weighted by atomic mass is 9.83. The molecule has 0 aliphatic carbocycles. The summed E-state index contributed by atoms with van der Waals surface area (Å²) in [6.45, 7) is 3.93. The normalized spacial score (nSPS) is 11.3. The second-order valence-electron chi connectivity index (χ2n) is 6.23. The highest BCUT2D eigenvalue weighted by Crippen LogP contribution is 2.29. The molecule has 128 valence electrons. The number of hydrogen-bond donors (Lipinski definition) is 3. The molecule has 0 spiro atoms. The molecule has 0 aliphatic rings. The minimum Gasteiger partial charge on any atom is -0.508 e. The molecule has 3 N–H and O–H groups in total. The van der Waals surface area contributed by atoms with Crippen molar-refractivity contribution in [1.82, 2.24) is 5.32 Å². The number of aromatic hydroxyl groups is 1. The van der Waals surface area contributed by atoms with Gasteiger partial charge in [-0.25, -0.2) is 0 Å². The van der Waals surface area contributed by atoms with Crippen LogP contribution in [-0.4, -0.2) is 22.7 Å². The summed E-state index contributed by atoms with van der Waals surface area (Å²) in [5, 5.41) is 22.2. The van der Waals surface area contributed by atoms with Crippen LogP contribution in [0.5, 0.6) is 5.75 Å².